The maximum Gasteiger partial charge on any atom is 0.193 e. The molecular formula is C22H31IN4O. The fourth-order valence-corrected chi connectivity index (χ4v) is 3.37. The Kier molecular flexibility index (Phi) is 9.54. The molecule has 3 rings (SSSR count). The first-order valence-electron chi connectivity index (χ1n) is 9.90. The lowest BCUT2D eigenvalue weighted by molar-refractivity contribution is 0.129. The van der Waals surface area contributed by atoms with Gasteiger partial charge in [0.05, 0.1) is 0 Å². The molecule has 2 aromatic rings. The van der Waals surface area contributed by atoms with E-state index in [0.29, 0.717) is 0 Å². The molecule has 0 radical (unpaired) electrons. The maximum atomic E-state index is 6.10. The summed E-state index contributed by atoms with van der Waals surface area (Å²) >= 11 is 0. The van der Waals surface area contributed by atoms with Gasteiger partial charge in [-0.15, -0.1) is 24.0 Å². The van der Waals surface area contributed by atoms with Crippen LogP contribution in [0.2, 0.25) is 0 Å². The summed E-state index contributed by atoms with van der Waals surface area (Å²) in [6, 6.07) is 12.2. The average Bonchev–Trinajstić information content (AvgIpc) is 2.70. The number of hydrogen-bond donors (Lipinski definition) is 1. The Morgan fingerprint density at radius 3 is 2.64 bits per heavy atom. The molecular weight excluding hydrogens is 463 g/mol. The molecule has 2 heterocycles. The third-order valence-electron chi connectivity index (χ3n) is 4.90. The Hall–Kier alpha value is -1.83. The van der Waals surface area contributed by atoms with E-state index in [-0.39, 0.29) is 30.1 Å². The maximum absolute atomic E-state index is 6.10. The fraction of sp³-hybridized carbons (Fsp3) is 0.455. The van der Waals surface area contributed by atoms with Crippen LogP contribution >= 0.6 is 24.0 Å². The molecule has 0 amide bonds. The SMILES string of the molecule is CCNC(=NCCc1ccncc1C)N1CCC(Oc2ccccc2)CC1.I. The highest BCUT2D eigenvalue weighted by Gasteiger charge is 2.22. The largest absolute Gasteiger partial charge is 0.490 e. The van der Waals surface area contributed by atoms with Gasteiger partial charge in [0, 0.05) is 51.4 Å². The van der Waals surface area contributed by atoms with Gasteiger partial charge in [-0.1, -0.05) is 18.2 Å². The number of aromatic nitrogens is 1. The van der Waals surface area contributed by atoms with E-state index in [1.807, 2.05) is 42.7 Å². The van der Waals surface area contributed by atoms with E-state index in [0.717, 1.165) is 57.2 Å². The molecule has 1 aliphatic rings. The molecule has 6 heteroatoms. The zero-order chi connectivity index (χ0) is 18.9. The smallest absolute Gasteiger partial charge is 0.193 e. The van der Waals surface area contributed by atoms with Crippen LogP contribution in [0.25, 0.3) is 0 Å². The monoisotopic (exact) mass is 494 g/mol. The molecule has 1 fully saturated rings. The number of piperidine rings is 1. The molecule has 1 aromatic heterocycles. The number of ether oxygens (including phenoxy) is 1. The van der Waals surface area contributed by atoms with Gasteiger partial charge in [0.25, 0.3) is 0 Å². The summed E-state index contributed by atoms with van der Waals surface area (Å²) in [5.41, 5.74) is 2.55. The fourth-order valence-electron chi connectivity index (χ4n) is 3.37. The number of guanidine groups is 1. The highest BCUT2D eigenvalue weighted by Crippen LogP contribution is 2.18. The number of nitrogens with zero attached hydrogens (tertiary/aromatic N) is 3. The predicted octanol–water partition coefficient (Wildman–Crippen LogP) is 4.06. The van der Waals surface area contributed by atoms with Crippen LogP contribution < -0.4 is 10.1 Å². The van der Waals surface area contributed by atoms with E-state index < -0.39 is 0 Å². The molecule has 0 aliphatic carbocycles. The van der Waals surface area contributed by atoms with E-state index in [1.54, 1.807) is 0 Å². The van der Waals surface area contributed by atoms with Crippen molar-refractivity contribution in [1.29, 1.82) is 0 Å². The molecule has 0 atom stereocenters. The van der Waals surface area contributed by atoms with Crippen LogP contribution in [-0.2, 0) is 6.42 Å². The molecule has 0 spiro atoms. The highest BCUT2D eigenvalue weighted by molar-refractivity contribution is 14.0. The van der Waals surface area contributed by atoms with Gasteiger partial charge in [-0.25, -0.2) is 0 Å². The van der Waals surface area contributed by atoms with Crippen molar-refractivity contribution >= 4 is 29.9 Å². The predicted molar refractivity (Wildman–Crippen MR) is 126 cm³/mol. The number of aryl methyl sites for hydroxylation is 1. The number of pyridine rings is 1. The van der Waals surface area contributed by atoms with Crippen LogP contribution in [0.5, 0.6) is 5.75 Å². The van der Waals surface area contributed by atoms with Gasteiger partial charge in [0.1, 0.15) is 11.9 Å². The summed E-state index contributed by atoms with van der Waals surface area (Å²) in [5, 5.41) is 3.44. The van der Waals surface area contributed by atoms with Crippen molar-refractivity contribution in [2.45, 2.75) is 39.2 Å². The highest BCUT2D eigenvalue weighted by atomic mass is 127. The van der Waals surface area contributed by atoms with Crippen LogP contribution in [0.1, 0.15) is 30.9 Å². The van der Waals surface area contributed by atoms with Crippen molar-refractivity contribution < 1.29 is 4.74 Å². The lowest BCUT2D eigenvalue weighted by Gasteiger charge is -2.34. The van der Waals surface area contributed by atoms with E-state index in [1.165, 1.54) is 11.1 Å². The van der Waals surface area contributed by atoms with Crippen LogP contribution in [-0.4, -0.2) is 48.1 Å². The van der Waals surface area contributed by atoms with Crippen LogP contribution in [0, 0.1) is 6.92 Å². The van der Waals surface area contributed by atoms with Crippen LogP contribution in [0.4, 0.5) is 0 Å². The first-order chi connectivity index (χ1) is 13.3. The van der Waals surface area contributed by atoms with Crippen LogP contribution in [0.3, 0.4) is 0 Å². The average molecular weight is 494 g/mol. The van der Waals surface area contributed by atoms with Crippen molar-refractivity contribution in [2.24, 2.45) is 4.99 Å². The number of benzene rings is 1. The second-order valence-corrected chi connectivity index (χ2v) is 6.91. The second kappa shape index (κ2) is 11.9. The summed E-state index contributed by atoms with van der Waals surface area (Å²) in [6.45, 7) is 7.83. The Balaban J connectivity index is 0.00000280. The summed E-state index contributed by atoms with van der Waals surface area (Å²) < 4.78 is 6.10. The zero-order valence-corrected chi connectivity index (χ0v) is 19.1. The minimum Gasteiger partial charge on any atom is -0.490 e. The minimum absolute atomic E-state index is 0. The van der Waals surface area contributed by atoms with Gasteiger partial charge in [0.2, 0.25) is 0 Å². The summed E-state index contributed by atoms with van der Waals surface area (Å²) in [6.07, 6.45) is 7.03. The Bertz CT molecular complexity index is 730. The van der Waals surface area contributed by atoms with Crippen LogP contribution in [0.15, 0.2) is 53.8 Å². The number of likely N-dealkylation sites (tertiary alicyclic amines) is 1. The molecule has 1 aliphatic heterocycles. The normalized spacial score (nSPS) is 15.1. The van der Waals surface area contributed by atoms with Gasteiger partial charge in [-0.2, -0.15) is 0 Å². The van der Waals surface area contributed by atoms with E-state index in [4.69, 9.17) is 9.73 Å². The Morgan fingerprint density at radius 2 is 1.96 bits per heavy atom. The Labute approximate surface area is 185 Å². The molecule has 28 heavy (non-hydrogen) atoms. The number of halogens is 1. The van der Waals surface area contributed by atoms with E-state index in [2.05, 4.69) is 35.1 Å². The molecule has 0 unspecified atom stereocenters. The molecule has 1 aromatic carbocycles. The Morgan fingerprint density at radius 1 is 1.21 bits per heavy atom. The molecule has 0 saturated carbocycles. The first kappa shape index (κ1) is 22.5. The molecule has 1 N–H and O–H groups in total. The standard InChI is InChI=1S/C22H30N4O.HI/c1-3-24-22(25-14-10-19-9-13-23-17-18(19)2)26-15-11-21(12-16-26)27-20-7-5-4-6-8-20;/h4-9,13,17,21H,3,10-12,14-16H2,1-2H3,(H,24,25);1H. The van der Waals surface area contributed by atoms with Crippen molar-refractivity contribution in [3.8, 4) is 5.75 Å². The quantitative estimate of drug-likeness (QED) is 0.374. The summed E-state index contributed by atoms with van der Waals surface area (Å²) in [4.78, 5) is 11.4. The van der Waals surface area contributed by atoms with Crippen molar-refractivity contribution in [2.75, 3.05) is 26.2 Å². The third-order valence-corrected chi connectivity index (χ3v) is 4.90. The van der Waals surface area contributed by atoms with Crippen molar-refractivity contribution in [1.82, 2.24) is 15.2 Å². The second-order valence-electron chi connectivity index (χ2n) is 6.91. The van der Waals surface area contributed by atoms with Gasteiger partial charge >= 0.3 is 0 Å². The number of rotatable bonds is 6. The topological polar surface area (TPSA) is 49.8 Å². The number of hydrogen-bond acceptors (Lipinski definition) is 3. The van der Waals surface area contributed by atoms with E-state index >= 15 is 0 Å². The first-order valence-corrected chi connectivity index (χ1v) is 9.90. The molecule has 1 saturated heterocycles. The lowest BCUT2D eigenvalue weighted by atomic mass is 10.1. The van der Waals surface area contributed by atoms with Gasteiger partial charge in [-0.05, 0) is 49.6 Å². The third kappa shape index (κ3) is 6.65. The van der Waals surface area contributed by atoms with Gasteiger partial charge in [0.15, 0.2) is 5.96 Å². The summed E-state index contributed by atoms with van der Waals surface area (Å²) in [5.74, 6) is 1.98. The minimum atomic E-state index is 0. The number of para-hydroxylation sites is 1. The number of aliphatic imine (C=N–C) groups is 1. The zero-order valence-electron chi connectivity index (χ0n) is 16.8. The van der Waals surface area contributed by atoms with Crippen molar-refractivity contribution in [3.63, 3.8) is 0 Å². The van der Waals surface area contributed by atoms with Gasteiger partial charge < -0.3 is 15.0 Å². The molecule has 0 bridgehead atoms. The molecule has 152 valence electrons. The molecule has 5 nitrogen and oxygen atoms in total. The van der Waals surface area contributed by atoms with E-state index in [9.17, 15) is 0 Å². The lowest BCUT2D eigenvalue weighted by Crippen LogP contribution is -2.47. The number of nitrogens with one attached hydrogen (secondary N) is 1. The van der Waals surface area contributed by atoms with Crippen molar-refractivity contribution in [3.05, 3.63) is 59.9 Å². The summed E-state index contributed by atoms with van der Waals surface area (Å²) in [7, 11) is 0. The van der Waals surface area contributed by atoms with Gasteiger partial charge in [-0.3, -0.25) is 9.98 Å².